The van der Waals surface area contributed by atoms with E-state index in [4.69, 9.17) is 0 Å². The van der Waals surface area contributed by atoms with Gasteiger partial charge in [-0.3, -0.25) is 4.79 Å². The molecule has 0 spiro atoms. The van der Waals surface area contributed by atoms with E-state index in [1.165, 1.54) is 19.3 Å². The Kier molecular flexibility index (Phi) is 9.31. The SMILES string of the molecule is C=CCCCCCCC=NC=O. The van der Waals surface area contributed by atoms with Gasteiger partial charge in [-0.15, -0.1) is 6.58 Å². The molecule has 0 aliphatic rings. The quantitative estimate of drug-likeness (QED) is 0.236. The van der Waals surface area contributed by atoms with Crippen molar-refractivity contribution in [1.29, 1.82) is 0 Å². The Labute approximate surface area is 74.4 Å². The molecule has 2 heteroatoms. The highest BCUT2D eigenvalue weighted by Gasteiger charge is 1.86. The maximum absolute atomic E-state index is 9.77. The number of nitrogens with zero attached hydrogens (tertiary/aromatic N) is 1. The van der Waals surface area contributed by atoms with E-state index >= 15 is 0 Å². The van der Waals surface area contributed by atoms with Crippen molar-refractivity contribution in [2.45, 2.75) is 38.5 Å². The van der Waals surface area contributed by atoms with Crippen molar-refractivity contribution in [1.82, 2.24) is 0 Å². The molecule has 0 rings (SSSR count). The molecule has 0 aromatic heterocycles. The molecule has 0 saturated carbocycles. The molecule has 0 aliphatic heterocycles. The number of allylic oxidation sites excluding steroid dienone is 1. The normalized spacial score (nSPS) is 10.3. The lowest BCUT2D eigenvalue weighted by atomic mass is 10.1. The molecule has 0 radical (unpaired) electrons. The number of aliphatic imine (C=N–C) groups is 1. The van der Waals surface area contributed by atoms with Crippen LogP contribution in [0, 0.1) is 0 Å². The van der Waals surface area contributed by atoms with E-state index < -0.39 is 0 Å². The number of amides is 1. The average Bonchev–Trinajstić information content (AvgIpc) is 2.10. The lowest BCUT2D eigenvalue weighted by Crippen LogP contribution is -1.80. The van der Waals surface area contributed by atoms with Gasteiger partial charge in [-0.1, -0.05) is 18.9 Å². The maximum atomic E-state index is 9.77. The fourth-order valence-electron chi connectivity index (χ4n) is 0.995. The molecule has 0 N–H and O–H groups in total. The first kappa shape index (κ1) is 11.1. The molecule has 2 nitrogen and oxygen atoms in total. The molecule has 1 amide bonds. The molecular weight excluding hydrogens is 150 g/mol. The minimum atomic E-state index is 0.581. The van der Waals surface area contributed by atoms with Crippen molar-refractivity contribution >= 4 is 12.6 Å². The lowest BCUT2D eigenvalue weighted by molar-refractivity contribution is -0.106. The summed E-state index contributed by atoms with van der Waals surface area (Å²) in [6, 6.07) is 0. The second-order valence-corrected chi connectivity index (χ2v) is 2.72. The summed E-state index contributed by atoms with van der Waals surface area (Å²) in [6.45, 7) is 3.66. The van der Waals surface area contributed by atoms with Gasteiger partial charge >= 0.3 is 0 Å². The number of carbonyl (C=O) groups excluding carboxylic acids is 1. The van der Waals surface area contributed by atoms with Crippen LogP contribution in [0.4, 0.5) is 0 Å². The zero-order valence-electron chi connectivity index (χ0n) is 7.54. The molecule has 0 bridgehead atoms. The van der Waals surface area contributed by atoms with Crippen LogP contribution >= 0.6 is 0 Å². The third-order valence-electron chi connectivity index (χ3n) is 1.66. The van der Waals surface area contributed by atoms with Crippen LogP contribution in [0.5, 0.6) is 0 Å². The van der Waals surface area contributed by atoms with Crippen molar-refractivity contribution in [3.8, 4) is 0 Å². The van der Waals surface area contributed by atoms with Gasteiger partial charge in [0.25, 0.3) is 0 Å². The number of hydrogen-bond donors (Lipinski definition) is 0. The van der Waals surface area contributed by atoms with Gasteiger partial charge in [0, 0.05) is 6.21 Å². The molecule has 0 atom stereocenters. The first-order valence-corrected chi connectivity index (χ1v) is 4.48. The molecule has 0 aromatic rings. The zero-order valence-corrected chi connectivity index (χ0v) is 7.54. The van der Waals surface area contributed by atoms with Gasteiger partial charge in [-0.2, -0.15) is 0 Å². The average molecular weight is 167 g/mol. The largest absolute Gasteiger partial charge is 0.276 e. The lowest BCUT2D eigenvalue weighted by Gasteiger charge is -1.95. The van der Waals surface area contributed by atoms with Crippen molar-refractivity contribution in [2.75, 3.05) is 0 Å². The van der Waals surface area contributed by atoms with Gasteiger partial charge in [0.05, 0.1) is 0 Å². The van der Waals surface area contributed by atoms with Crippen molar-refractivity contribution in [2.24, 2.45) is 4.99 Å². The highest BCUT2D eigenvalue weighted by molar-refractivity contribution is 5.68. The first-order chi connectivity index (χ1) is 5.91. The molecular formula is C10H17NO. The van der Waals surface area contributed by atoms with Crippen LogP contribution in [0.3, 0.4) is 0 Å². The van der Waals surface area contributed by atoms with Crippen LogP contribution < -0.4 is 0 Å². The Bertz CT molecular complexity index is 141. The van der Waals surface area contributed by atoms with Gasteiger partial charge in [-0.25, -0.2) is 4.99 Å². The summed E-state index contributed by atoms with van der Waals surface area (Å²) in [4.78, 5) is 13.3. The monoisotopic (exact) mass is 167 g/mol. The summed E-state index contributed by atoms with van der Waals surface area (Å²) in [6.07, 6.45) is 11.1. The Balaban J connectivity index is 2.95. The molecule has 68 valence electrons. The number of rotatable bonds is 8. The predicted octanol–water partition coefficient (Wildman–Crippen LogP) is 2.74. The van der Waals surface area contributed by atoms with E-state index in [1.807, 2.05) is 6.08 Å². The van der Waals surface area contributed by atoms with Crippen LogP contribution in [0.15, 0.2) is 17.6 Å². The van der Waals surface area contributed by atoms with Gasteiger partial charge in [0.2, 0.25) is 6.41 Å². The van der Waals surface area contributed by atoms with Crippen LogP contribution in [-0.2, 0) is 4.79 Å². The van der Waals surface area contributed by atoms with E-state index in [2.05, 4.69) is 11.6 Å². The molecule has 0 heterocycles. The van der Waals surface area contributed by atoms with E-state index in [-0.39, 0.29) is 0 Å². The summed E-state index contributed by atoms with van der Waals surface area (Å²) in [5.74, 6) is 0. The molecule has 0 aromatic carbocycles. The van der Waals surface area contributed by atoms with Crippen LogP contribution in [0.25, 0.3) is 0 Å². The van der Waals surface area contributed by atoms with Gasteiger partial charge in [0.1, 0.15) is 0 Å². The van der Waals surface area contributed by atoms with Gasteiger partial charge < -0.3 is 0 Å². The van der Waals surface area contributed by atoms with Crippen LogP contribution in [-0.4, -0.2) is 12.6 Å². The zero-order chi connectivity index (χ0) is 9.07. The highest BCUT2D eigenvalue weighted by Crippen LogP contribution is 2.04. The number of carbonyl (C=O) groups is 1. The summed E-state index contributed by atoms with van der Waals surface area (Å²) in [5, 5.41) is 0. The second kappa shape index (κ2) is 10.1. The highest BCUT2D eigenvalue weighted by atomic mass is 16.1. The summed E-state index contributed by atoms with van der Waals surface area (Å²) in [7, 11) is 0. The summed E-state index contributed by atoms with van der Waals surface area (Å²) >= 11 is 0. The predicted molar refractivity (Wildman–Crippen MR) is 52.5 cm³/mol. The summed E-state index contributed by atoms with van der Waals surface area (Å²) in [5.41, 5.74) is 0. The smallest absolute Gasteiger partial charge is 0.232 e. The molecule has 0 unspecified atom stereocenters. The Hall–Kier alpha value is -0.920. The number of hydrogen-bond acceptors (Lipinski definition) is 1. The molecule has 0 fully saturated rings. The fourth-order valence-corrected chi connectivity index (χ4v) is 0.995. The van der Waals surface area contributed by atoms with Crippen molar-refractivity contribution < 1.29 is 4.79 Å². The Morgan fingerprint density at radius 1 is 1.08 bits per heavy atom. The van der Waals surface area contributed by atoms with E-state index in [9.17, 15) is 4.79 Å². The molecule has 0 saturated heterocycles. The van der Waals surface area contributed by atoms with E-state index in [0.29, 0.717) is 6.41 Å². The van der Waals surface area contributed by atoms with Gasteiger partial charge in [-0.05, 0) is 25.7 Å². The Morgan fingerprint density at radius 2 is 1.75 bits per heavy atom. The summed E-state index contributed by atoms with van der Waals surface area (Å²) < 4.78 is 0. The van der Waals surface area contributed by atoms with Crippen molar-refractivity contribution in [3.05, 3.63) is 12.7 Å². The van der Waals surface area contributed by atoms with E-state index in [1.54, 1.807) is 6.21 Å². The fraction of sp³-hybridized carbons (Fsp3) is 0.600. The minimum Gasteiger partial charge on any atom is -0.276 e. The Morgan fingerprint density at radius 3 is 2.33 bits per heavy atom. The van der Waals surface area contributed by atoms with Crippen molar-refractivity contribution in [3.63, 3.8) is 0 Å². The third-order valence-corrected chi connectivity index (χ3v) is 1.66. The van der Waals surface area contributed by atoms with Crippen LogP contribution in [0.1, 0.15) is 38.5 Å². The van der Waals surface area contributed by atoms with E-state index in [0.717, 1.165) is 19.3 Å². The topological polar surface area (TPSA) is 29.4 Å². The standard InChI is InChI=1S/C10H17NO/c1-2-3-4-5-6-7-8-9-11-10-12/h2,9-10H,1,3-8H2. The molecule has 0 aliphatic carbocycles. The minimum absolute atomic E-state index is 0.581. The third kappa shape index (κ3) is 9.08. The second-order valence-electron chi connectivity index (χ2n) is 2.72. The van der Waals surface area contributed by atoms with Crippen LogP contribution in [0.2, 0.25) is 0 Å². The number of unbranched alkanes of at least 4 members (excludes halogenated alkanes) is 5. The maximum Gasteiger partial charge on any atom is 0.232 e. The van der Waals surface area contributed by atoms with Gasteiger partial charge in [0.15, 0.2) is 0 Å². The first-order valence-electron chi connectivity index (χ1n) is 4.48. The molecule has 12 heavy (non-hydrogen) atoms.